The van der Waals surface area contributed by atoms with E-state index in [0.29, 0.717) is 0 Å². The van der Waals surface area contributed by atoms with Gasteiger partial charge < -0.3 is 10.1 Å². The molecule has 4 nitrogen and oxygen atoms in total. The van der Waals surface area contributed by atoms with Gasteiger partial charge in [-0.1, -0.05) is 6.92 Å². The van der Waals surface area contributed by atoms with Gasteiger partial charge in [0, 0.05) is 24.2 Å². The van der Waals surface area contributed by atoms with Gasteiger partial charge in [0.2, 0.25) is 0 Å². The molecule has 0 spiro atoms. The van der Waals surface area contributed by atoms with Gasteiger partial charge in [0.1, 0.15) is 5.75 Å². The van der Waals surface area contributed by atoms with Crippen molar-refractivity contribution in [3.63, 3.8) is 0 Å². The molecule has 0 radical (unpaired) electrons. The number of nitrogens with zero attached hydrogens (tertiary/aromatic N) is 2. The molecule has 0 saturated carbocycles. The Kier molecular flexibility index (Phi) is 5.07. The van der Waals surface area contributed by atoms with E-state index in [0.717, 1.165) is 24.3 Å². The number of hydrogen-bond acceptors (Lipinski definition) is 4. The molecule has 1 N–H and O–H groups in total. The molecule has 20 heavy (non-hydrogen) atoms. The summed E-state index contributed by atoms with van der Waals surface area (Å²) in [5.74, 6) is 0.796. The molecule has 0 saturated heterocycles. The molecule has 106 valence electrons. The number of aryl methyl sites for hydroxylation is 1. The van der Waals surface area contributed by atoms with Crippen molar-refractivity contribution in [3.05, 3.63) is 53.6 Å². The van der Waals surface area contributed by atoms with Crippen LogP contribution in [0, 0.1) is 6.92 Å². The summed E-state index contributed by atoms with van der Waals surface area (Å²) in [6.07, 6.45) is 8.36. The lowest BCUT2D eigenvalue weighted by molar-refractivity contribution is 0.401. The van der Waals surface area contributed by atoms with Crippen molar-refractivity contribution in [3.8, 4) is 5.75 Å². The SMILES string of the molecule is CCCNC(c1cnccc1C)c1ccncc1OC. The van der Waals surface area contributed by atoms with Crippen LogP contribution in [0.4, 0.5) is 0 Å². The molecule has 1 atom stereocenters. The molecular formula is C16H21N3O. The van der Waals surface area contributed by atoms with E-state index in [1.807, 2.05) is 24.5 Å². The third-order valence-corrected chi connectivity index (χ3v) is 3.34. The Hall–Kier alpha value is -1.94. The lowest BCUT2D eigenvalue weighted by Crippen LogP contribution is -2.24. The predicted molar refractivity (Wildman–Crippen MR) is 79.9 cm³/mol. The van der Waals surface area contributed by atoms with Crippen LogP contribution in [0.3, 0.4) is 0 Å². The number of ether oxygens (including phenoxy) is 1. The zero-order chi connectivity index (χ0) is 14.4. The zero-order valence-electron chi connectivity index (χ0n) is 12.3. The number of nitrogens with one attached hydrogen (secondary N) is 1. The van der Waals surface area contributed by atoms with Gasteiger partial charge in [0.15, 0.2) is 0 Å². The van der Waals surface area contributed by atoms with Crippen LogP contribution in [0.1, 0.15) is 36.1 Å². The highest BCUT2D eigenvalue weighted by Crippen LogP contribution is 2.30. The van der Waals surface area contributed by atoms with Crippen LogP contribution < -0.4 is 10.1 Å². The van der Waals surface area contributed by atoms with E-state index in [9.17, 15) is 0 Å². The monoisotopic (exact) mass is 271 g/mol. The fourth-order valence-electron chi connectivity index (χ4n) is 2.25. The Morgan fingerprint density at radius 3 is 2.60 bits per heavy atom. The normalized spacial score (nSPS) is 12.2. The van der Waals surface area contributed by atoms with E-state index in [1.165, 1.54) is 11.1 Å². The predicted octanol–water partition coefficient (Wildman–Crippen LogP) is 2.88. The van der Waals surface area contributed by atoms with E-state index < -0.39 is 0 Å². The van der Waals surface area contributed by atoms with Gasteiger partial charge >= 0.3 is 0 Å². The molecule has 2 aromatic rings. The molecule has 2 rings (SSSR count). The summed E-state index contributed by atoms with van der Waals surface area (Å²) in [6.45, 7) is 5.19. The lowest BCUT2D eigenvalue weighted by Gasteiger charge is -2.22. The van der Waals surface area contributed by atoms with Gasteiger partial charge in [0.25, 0.3) is 0 Å². The smallest absolute Gasteiger partial charge is 0.142 e. The molecule has 0 bridgehead atoms. The molecule has 0 amide bonds. The lowest BCUT2D eigenvalue weighted by atomic mass is 9.96. The first-order valence-corrected chi connectivity index (χ1v) is 6.89. The Morgan fingerprint density at radius 2 is 1.90 bits per heavy atom. The van der Waals surface area contributed by atoms with Crippen molar-refractivity contribution >= 4 is 0 Å². The maximum absolute atomic E-state index is 5.44. The number of rotatable bonds is 6. The average molecular weight is 271 g/mol. The Balaban J connectivity index is 2.44. The highest BCUT2D eigenvalue weighted by Gasteiger charge is 2.19. The van der Waals surface area contributed by atoms with Gasteiger partial charge in [-0.25, -0.2) is 0 Å². The van der Waals surface area contributed by atoms with Crippen LogP contribution in [0.25, 0.3) is 0 Å². The quantitative estimate of drug-likeness (QED) is 0.877. The van der Waals surface area contributed by atoms with Crippen LogP contribution in [0.15, 0.2) is 36.9 Å². The summed E-state index contributed by atoms with van der Waals surface area (Å²) in [6, 6.07) is 4.10. The van der Waals surface area contributed by atoms with Crippen molar-refractivity contribution in [2.75, 3.05) is 13.7 Å². The Bertz CT molecular complexity index is 557. The summed E-state index contributed by atoms with van der Waals surface area (Å²) >= 11 is 0. The number of methoxy groups -OCH3 is 1. The van der Waals surface area contributed by atoms with Crippen LogP contribution in [-0.4, -0.2) is 23.6 Å². The molecule has 4 heteroatoms. The fraction of sp³-hybridized carbons (Fsp3) is 0.375. The number of hydrogen-bond donors (Lipinski definition) is 1. The Labute approximate surface area is 120 Å². The second-order valence-corrected chi connectivity index (χ2v) is 4.74. The van der Waals surface area contributed by atoms with Crippen LogP contribution in [0.5, 0.6) is 5.75 Å². The molecule has 1 unspecified atom stereocenters. The van der Waals surface area contributed by atoms with Gasteiger partial charge in [-0.15, -0.1) is 0 Å². The third-order valence-electron chi connectivity index (χ3n) is 3.34. The van der Waals surface area contributed by atoms with Crippen LogP contribution >= 0.6 is 0 Å². The van der Waals surface area contributed by atoms with Gasteiger partial charge in [0.05, 0.1) is 19.3 Å². The maximum Gasteiger partial charge on any atom is 0.142 e. The average Bonchev–Trinajstić information content (AvgIpc) is 2.49. The minimum Gasteiger partial charge on any atom is -0.495 e. The van der Waals surface area contributed by atoms with Crippen LogP contribution in [-0.2, 0) is 0 Å². The molecule has 0 fully saturated rings. The Morgan fingerprint density at radius 1 is 1.15 bits per heavy atom. The third kappa shape index (κ3) is 3.14. The first kappa shape index (κ1) is 14.5. The number of aromatic nitrogens is 2. The highest BCUT2D eigenvalue weighted by atomic mass is 16.5. The largest absolute Gasteiger partial charge is 0.495 e. The highest BCUT2D eigenvalue weighted by molar-refractivity contribution is 5.41. The van der Waals surface area contributed by atoms with Crippen molar-refractivity contribution in [2.45, 2.75) is 26.3 Å². The molecule has 0 aromatic carbocycles. The minimum absolute atomic E-state index is 0.0709. The maximum atomic E-state index is 5.44. The van der Waals surface area contributed by atoms with E-state index in [4.69, 9.17) is 4.74 Å². The molecule has 0 aliphatic carbocycles. The molecule has 0 aliphatic heterocycles. The minimum atomic E-state index is 0.0709. The number of pyridine rings is 2. The van der Waals surface area contributed by atoms with Gasteiger partial charge in [-0.3, -0.25) is 9.97 Å². The van der Waals surface area contributed by atoms with Crippen molar-refractivity contribution in [1.82, 2.24) is 15.3 Å². The van der Waals surface area contributed by atoms with E-state index in [1.54, 1.807) is 19.5 Å². The second-order valence-electron chi connectivity index (χ2n) is 4.74. The topological polar surface area (TPSA) is 47.0 Å². The zero-order valence-corrected chi connectivity index (χ0v) is 12.3. The summed E-state index contributed by atoms with van der Waals surface area (Å²) in [5, 5.41) is 3.57. The van der Waals surface area contributed by atoms with E-state index in [2.05, 4.69) is 29.1 Å². The van der Waals surface area contributed by atoms with E-state index in [-0.39, 0.29) is 6.04 Å². The molecule has 2 heterocycles. The van der Waals surface area contributed by atoms with E-state index >= 15 is 0 Å². The molecule has 0 aliphatic rings. The first-order valence-electron chi connectivity index (χ1n) is 6.89. The summed E-state index contributed by atoms with van der Waals surface area (Å²) < 4.78 is 5.44. The standard InChI is InChI=1S/C16H21N3O/c1-4-7-19-16(14-10-17-8-5-12(14)2)13-6-9-18-11-15(13)20-3/h5-6,8-11,16,19H,4,7H2,1-3H3. The summed E-state index contributed by atoms with van der Waals surface area (Å²) in [4.78, 5) is 8.39. The van der Waals surface area contributed by atoms with Gasteiger partial charge in [-0.2, -0.15) is 0 Å². The van der Waals surface area contributed by atoms with Crippen molar-refractivity contribution in [2.24, 2.45) is 0 Å². The molecule has 2 aromatic heterocycles. The van der Waals surface area contributed by atoms with Gasteiger partial charge in [-0.05, 0) is 43.1 Å². The fourth-order valence-corrected chi connectivity index (χ4v) is 2.25. The van der Waals surface area contributed by atoms with Crippen molar-refractivity contribution in [1.29, 1.82) is 0 Å². The first-order chi connectivity index (χ1) is 9.77. The summed E-state index contributed by atoms with van der Waals surface area (Å²) in [7, 11) is 1.67. The molecular weight excluding hydrogens is 250 g/mol. The summed E-state index contributed by atoms with van der Waals surface area (Å²) in [5.41, 5.74) is 3.48. The second kappa shape index (κ2) is 7.01. The van der Waals surface area contributed by atoms with Crippen molar-refractivity contribution < 1.29 is 4.74 Å². The van der Waals surface area contributed by atoms with Crippen LogP contribution in [0.2, 0.25) is 0 Å².